The highest BCUT2D eigenvalue weighted by Crippen LogP contribution is 2.31. The van der Waals surface area contributed by atoms with Crippen molar-refractivity contribution >= 4 is 28.5 Å². The third kappa shape index (κ3) is 2.44. The fourth-order valence-electron chi connectivity index (χ4n) is 2.09. The van der Waals surface area contributed by atoms with Gasteiger partial charge in [0.25, 0.3) is 0 Å². The van der Waals surface area contributed by atoms with Gasteiger partial charge in [0.1, 0.15) is 22.5 Å². The number of benzene rings is 1. The molecule has 0 amide bonds. The Kier molecular flexibility index (Phi) is 3.98. The summed E-state index contributed by atoms with van der Waals surface area (Å²) in [5, 5.41) is 19.6. The number of rotatable bonds is 3. The number of methoxy groups -OCH3 is 1. The van der Waals surface area contributed by atoms with E-state index in [1.54, 1.807) is 12.1 Å². The first-order chi connectivity index (χ1) is 10.4. The van der Waals surface area contributed by atoms with Crippen molar-refractivity contribution in [3.8, 4) is 5.75 Å². The smallest absolute Gasteiger partial charge is 0.347 e. The molecular weight excluding hydrogens is 292 g/mol. The number of hydrogen-bond donors (Lipinski definition) is 2. The van der Waals surface area contributed by atoms with Crippen molar-refractivity contribution in [1.82, 2.24) is 0 Å². The van der Waals surface area contributed by atoms with Crippen molar-refractivity contribution in [3.63, 3.8) is 0 Å². The van der Waals surface area contributed by atoms with Crippen LogP contribution in [0.15, 0.2) is 39.1 Å². The molecule has 7 heteroatoms. The zero-order chi connectivity index (χ0) is 16.4. The van der Waals surface area contributed by atoms with E-state index in [0.29, 0.717) is 0 Å². The van der Waals surface area contributed by atoms with Gasteiger partial charge in [-0.25, -0.2) is 14.4 Å². The van der Waals surface area contributed by atoms with Gasteiger partial charge < -0.3 is 19.4 Å². The molecule has 1 aromatic carbocycles. The van der Waals surface area contributed by atoms with Gasteiger partial charge in [-0.2, -0.15) is 0 Å². The van der Waals surface area contributed by atoms with Crippen LogP contribution in [0.3, 0.4) is 0 Å². The van der Waals surface area contributed by atoms with Crippen molar-refractivity contribution in [2.24, 2.45) is 0 Å². The van der Waals surface area contributed by atoms with Gasteiger partial charge in [0.05, 0.1) is 12.5 Å². The predicted octanol–water partition coefficient (Wildman–Crippen LogP) is 1.53. The van der Waals surface area contributed by atoms with E-state index in [1.165, 1.54) is 19.1 Å². The minimum Gasteiger partial charge on any atom is -0.506 e. The van der Waals surface area contributed by atoms with Crippen molar-refractivity contribution in [1.29, 1.82) is 0 Å². The molecule has 22 heavy (non-hydrogen) atoms. The van der Waals surface area contributed by atoms with Crippen LogP contribution in [0.5, 0.6) is 5.75 Å². The molecule has 0 fully saturated rings. The Balaban J connectivity index is 2.86. The van der Waals surface area contributed by atoms with E-state index in [4.69, 9.17) is 9.52 Å². The van der Waals surface area contributed by atoms with Gasteiger partial charge in [0.15, 0.2) is 0 Å². The van der Waals surface area contributed by atoms with Crippen LogP contribution in [-0.4, -0.2) is 29.3 Å². The zero-order valence-electron chi connectivity index (χ0n) is 11.7. The quantitative estimate of drug-likeness (QED) is 0.290. The van der Waals surface area contributed by atoms with E-state index in [1.807, 2.05) is 0 Å². The SMILES string of the molecule is COC(=O)/C(C(=O)O)=C(\C)c1c(O)c2ccccc2oc1=O. The molecule has 2 aromatic rings. The summed E-state index contributed by atoms with van der Waals surface area (Å²) in [6.07, 6.45) is 0. The summed E-state index contributed by atoms with van der Waals surface area (Å²) in [6.45, 7) is 1.22. The summed E-state index contributed by atoms with van der Waals surface area (Å²) >= 11 is 0. The lowest BCUT2D eigenvalue weighted by Gasteiger charge is -2.09. The highest BCUT2D eigenvalue weighted by molar-refractivity contribution is 6.19. The Morgan fingerprint density at radius 2 is 1.86 bits per heavy atom. The molecule has 0 spiro atoms. The topological polar surface area (TPSA) is 114 Å². The van der Waals surface area contributed by atoms with Crippen LogP contribution in [0.2, 0.25) is 0 Å². The number of para-hydroxylation sites is 1. The number of hydrogen-bond acceptors (Lipinski definition) is 6. The molecule has 2 N–H and O–H groups in total. The van der Waals surface area contributed by atoms with Gasteiger partial charge in [-0.05, 0) is 24.6 Å². The third-order valence-electron chi connectivity index (χ3n) is 3.14. The minimum atomic E-state index is -1.57. The number of carbonyl (C=O) groups excluding carboxylic acids is 1. The molecule has 0 atom stereocenters. The number of esters is 1. The molecule has 0 radical (unpaired) electrons. The summed E-state index contributed by atoms with van der Waals surface area (Å²) in [7, 11) is 1.02. The van der Waals surface area contributed by atoms with E-state index < -0.39 is 28.9 Å². The van der Waals surface area contributed by atoms with Crippen molar-refractivity contribution < 1.29 is 29.0 Å². The Morgan fingerprint density at radius 1 is 1.23 bits per heavy atom. The molecule has 7 nitrogen and oxygen atoms in total. The molecule has 2 rings (SSSR count). The molecule has 114 valence electrons. The molecule has 1 aromatic heterocycles. The van der Waals surface area contributed by atoms with Gasteiger partial charge in [-0.1, -0.05) is 12.1 Å². The molecule has 0 unspecified atom stereocenters. The van der Waals surface area contributed by atoms with Crippen LogP contribution < -0.4 is 5.63 Å². The molecule has 0 saturated carbocycles. The zero-order valence-corrected chi connectivity index (χ0v) is 11.7. The van der Waals surface area contributed by atoms with Crippen molar-refractivity contribution in [2.75, 3.05) is 7.11 Å². The van der Waals surface area contributed by atoms with Crippen LogP contribution in [0.4, 0.5) is 0 Å². The lowest BCUT2D eigenvalue weighted by atomic mass is 10.0. The number of carboxylic acids is 1. The standard InChI is InChI=1S/C15H12O7/c1-7(11(13(17)18)14(19)21-2)10-12(16)8-5-3-4-6-9(8)22-15(10)20/h3-6,16H,1-2H3,(H,17,18)/b11-7+. The van der Waals surface area contributed by atoms with Crippen LogP contribution in [0.25, 0.3) is 16.5 Å². The molecule has 0 aliphatic heterocycles. The normalized spacial score (nSPS) is 11.9. The Morgan fingerprint density at radius 3 is 2.45 bits per heavy atom. The second-order valence-corrected chi connectivity index (χ2v) is 4.41. The maximum absolute atomic E-state index is 12.0. The molecule has 0 aliphatic rings. The van der Waals surface area contributed by atoms with Gasteiger partial charge in [0.2, 0.25) is 0 Å². The third-order valence-corrected chi connectivity index (χ3v) is 3.14. The lowest BCUT2D eigenvalue weighted by Crippen LogP contribution is -2.18. The fourth-order valence-corrected chi connectivity index (χ4v) is 2.09. The predicted molar refractivity (Wildman–Crippen MR) is 76.4 cm³/mol. The number of aromatic hydroxyl groups is 1. The second kappa shape index (κ2) is 5.72. The summed E-state index contributed by atoms with van der Waals surface area (Å²) in [4.78, 5) is 34.8. The molecule has 1 heterocycles. The van der Waals surface area contributed by atoms with E-state index >= 15 is 0 Å². The van der Waals surface area contributed by atoms with Crippen LogP contribution in [-0.2, 0) is 14.3 Å². The number of ether oxygens (including phenoxy) is 1. The fraction of sp³-hybridized carbons (Fsp3) is 0.133. The lowest BCUT2D eigenvalue weighted by molar-refractivity contribution is -0.142. The number of aliphatic carboxylic acids is 1. The first-order valence-corrected chi connectivity index (χ1v) is 6.16. The Labute approximate surface area is 124 Å². The average Bonchev–Trinajstić information content (AvgIpc) is 2.46. The highest BCUT2D eigenvalue weighted by Gasteiger charge is 2.26. The molecule has 0 saturated heterocycles. The van der Waals surface area contributed by atoms with Gasteiger partial charge in [-0.15, -0.1) is 0 Å². The number of allylic oxidation sites excluding steroid dienone is 1. The molecular formula is C15H12O7. The van der Waals surface area contributed by atoms with E-state index in [-0.39, 0.29) is 22.1 Å². The van der Waals surface area contributed by atoms with Crippen LogP contribution >= 0.6 is 0 Å². The van der Waals surface area contributed by atoms with Crippen molar-refractivity contribution in [3.05, 3.63) is 45.8 Å². The van der Waals surface area contributed by atoms with Crippen molar-refractivity contribution in [2.45, 2.75) is 6.92 Å². The summed E-state index contributed by atoms with van der Waals surface area (Å²) in [5.74, 6) is -3.15. The average molecular weight is 304 g/mol. The number of carbonyl (C=O) groups is 2. The summed E-state index contributed by atoms with van der Waals surface area (Å²) in [5.41, 5.74) is -2.17. The van der Waals surface area contributed by atoms with Crippen LogP contribution in [0, 0.1) is 0 Å². The van der Waals surface area contributed by atoms with E-state index in [9.17, 15) is 19.5 Å². The van der Waals surface area contributed by atoms with Crippen LogP contribution in [0.1, 0.15) is 12.5 Å². The summed E-state index contributed by atoms with van der Waals surface area (Å²) < 4.78 is 9.43. The van der Waals surface area contributed by atoms with Gasteiger partial charge in [-0.3, -0.25) is 0 Å². The molecule has 0 aliphatic carbocycles. The summed E-state index contributed by atoms with van der Waals surface area (Å²) in [6, 6.07) is 6.22. The maximum Gasteiger partial charge on any atom is 0.347 e. The first kappa shape index (κ1) is 15.3. The van der Waals surface area contributed by atoms with E-state index in [2.05, 4.69) is 4.74 Å². The number of carboxylic acid groups (broad SMARTS) is 1. The Hall–Kier alpha value is -3.09. The largest absolute Gasteiger partial charge is 0.506 e. The molecule has 0 bridgehead atoms. The van der Waals surface area contributed by atoms with Gasteiger partial charge >= 0.3 is 17.6 Å². The number of fused-ring (bicyclic) bond motifs is 1. The monoisotopic (exact) mass is 304 g/mol. The second-order valence-electron chi connectivity index (χ2n) is 4.41. The van der Waals surface area contributed by atoms with Gasteiger partial charge in [0, 0.05) is 0 Å². The highest BCUT2D eigenvalue weighted by atomic mass is 16.5. The minimum absolute atomic E-state index is 0.150. The van der Waals surface area contributed by atoms with E-state index in [0.717, 1.165) is 7.11 Å². The maximum atomic E-state index is 12.0. The first-order valence-electron chi connectivity index (χ1n) is 6.16. The Bertz CT molecular complexity index is 858.